The van der Waals surface area contributed by atoms with Gasteiger partial charge in [-0.3, -0.25) is 0 Å². The third kappa shape index (κ3) is 2.56. The molecule has 2 N–H and O–H groups in total. The third-order valence-electron chi connectivity index (χ3n) is 2.80. The molecule has 2 heterocycles. The zero-order valence-electron chi connectivity index (χ0n) is 8.62. The van der Waals surface area contributed by atoms with E-state index in [1.165, 1.54) is 24.3 Å². The molecule has 0 saturated carbocycles. The van der Waals surface area contributed by atoms with Crippen LogP contribution in [0.15, 0.2) is 17.5 Å². The maximum atomic E-state index is 3.57. The molecule has 0 aromatic carbocycles. The minimum absolute atomic E-state index is 0.498. The molecule has 2 atom stereocenters. The van der Waals surface area contributed by atoms with E-state index in [1.807, 2.05) is 11.3 Å². The summed E-state index contributed by atoms with van der Waals surface area (Å²) in [7, 11) is 0. The molecule has 0 bridgehead atoms. The van der Waals surface area contributed by atoms with Crippen molar-refractivity contribution >= 4 is 11.3 Å². The van der Waals surface area contributed by atoms with Gasteiger partial charge in [-0.1, -0.05) is 6.07 Å². The SMILES string of the molecule is CC(NCC1CCCN1)c1cccs1. The molecule has 1 aromatic heterocycles. The van der Waals surface area contributed by atoms with E-state index in [4.69, 9.17) is 0 Å². The molecule has 14 heavy (non-hydrogen) atoms. The van der Waals surface area contributed by atoms with Gasteiger partial charge >= 0.3 is 0 Å². The average Bonchev–Trinajstić information content (AvgIpc) is 2.87. The average molecular weight is 210 g/mol. The lowest BCUT2D eigenvalue weighted by Crippen LogP contribution is -2.34. The zero-order chi connectivity index (χ0) is 9.80. The van der Waals surface area contributed by atoms with Crippen molar-refractivity contribution in [1.29, 1.82) is 0 Å². The van der Waals surface area contributed by atoms with E-state index in [2.05, 4.69) is 35.1 Å². The van der Waals surface area contributed by atoms with Crippen LogP contribution < -0.4 is 10.6 Å². The molecule has 2 unspecified atom stereocenters. The van der Waals surface area contributed by atoms with Gasteiger partial charge in [0.05, 0.1) is 0 Å². The third-order valence-corrected chi connectivity index (χ3v) is 3.86. The first kappa shape index (κ1) is 10.1. The second-order valence-corrected chi connectivity index (χ2v) is 4.92. The molecule has 1 saturated heterocycles. The summed E-state index contributed by atoms with van der Waals surface area (Å²) in [6.45, 7) is 4.53. The van der Waals surface area contributed by atoms with E-state index in [0.717, 1.165) is 6.54 Å². The van der Waals surface area contributed by atoms with Gasteiger partial charge in [-0.2, -0.15) is 0 Å². The van der Waals surface area contributed by atoms with Gasteiger partial charge in [-0.15, -0.1) is 11.3 Å². The molecule has 1 fully saturated rings. The molecule has 1 aliphatic rings. The van der Waals surface area contributed by atoms with Crippen LogP contribution in [0.3, 0.4) is 0 Å². The molecule has 2 rings (SSSR count). The summed E-state index contributed by atoms with van der Waals surface area (Å²) < 4.78 is 0. The highest BCUT2D eigenvalue weighted by molar-refractivity contribution is 7.10. The van der Waals surface area contributed by atoms with Gasteiger partial charge in [-0.05, 0) is 37.8 Å². The first-order valence-electron chi connectivity index (χ1n) is 5.36. The van der Waals surface area contributed by atoms with Crippen LogP contribution in [-0.4, -0.2) is 19.1 Å². The highest BCUT2D eigenvalue weighted by Crippen LogP contribution is 2.18. The van der Waals surface area contributed by atoms with Crippen molar-refractivity contribution in [2.45, 2.75) is 31.8 Å². The zero-order valence-corrected chi connectivity index (χ0v) is 9.44. The highest BCUT2D eigenvalue weighted by atomic mass is 32.1. The predicted octanol–water partition coefficient (Wildman–Crippen LogP) is 2.15. The van der Waals surface area contributed by atoms with E-state index < -0.39 is 0 Å². The van der Waals surface area contributed by atoms with Crippen molar-refractivity contribution in [3.63, 3.8) is 0 Å². The summed E-state index contributed by atoms with van der Waals surface area (Å²) in [5, 5.41) is 9.21. The molecule has 78 valence electrons. The Hall–Kier alpha value is -0.380. The highest BCUT2D eigenvalue weighted by Gasteiger charge is 2.14. The Morgan fingerprint density at radius 3 is 3.29 bits per heavy atom. The summed E-state index contributed by atoms with van der Waals surface area (Å²) in [6, 6.07) is 5.51. The molecule has 0 amide bonds. The maximum Gasteiger partial charge on any atom is 0.0386 e. The Morgan fingerprint density at radius 2 is 2.64 bits per heavy atom. The molecule has 3 heteroatoms. The van der Waals surface area contributed by atoms with Gasteiger partial charge in [0.2, 0.25) is 0 Å². The summed E-state index contributed by atoms with van der Waals surface area (Å²) >= 11 is 1.83. The summed E-state index contributed by atoms with van der Waals surface area (Å²) in [4.78, 5) is 1.43. The molecule has 2 nitrogen and oxygen atoms in total. The van der Waals surface area contributed by atoms with Crippen LogP contribution in [0.2, 0.25) is 0 Å². The smallest absolute Gasteiger partial charge is 0.0386 e. The first-order valence-corrected chi connectivity index (χ1v) is 6.24. The van der Waals surface area contributed by atoms with Crippen molar-refractivity contribution in [3.8, 4) is 0 Å². The predicted molar refractivity (Wildman–Crippen MR) is 61.8 cm³/mol. The Bertz CT molecular complexity index is 252. The van der Waals surface area contributed by atoms with Gasteiger partial charge in [0.1, 0.15) is 0 Å². The van der Waals surface area contributed by atoms with Crippen LogP contribution in [0.4, 0.5) is 0 Å². The number of thiophene rings is 1. The van der Waals surface area contributed by atoms with Crippen LogP contribution in [0.5, 0.6) is 0 Å². The topological polar surface area (TPSA) is 24.1 Å². The fourth-order valence-corrected chi connectivity index (χ4v) is 2.65. The Balaban J connectivity index is 1.74. The van der Waals surface area contributed by atoms with Crippen LogP contribution in [-0.2, 0) is 0 Å². The van der Waals surface area contributed by atoms with E-state index in [9.17, 15) is 0 Å². The second-order valence-electron chi connectivity index (χ2n) is 3.94. The molecule has 0 radical (unpaired) electrons. The lowest BCUT2D eigenvalue weighted by atomic mass is 10.2. The van der Waals surface area contributed by atoms with E-state index in [0.29, 0.717) is 12.1 Å². The largest absolute Gasteiger partial charge is 0.313 e. The van der Waals surface area contributed by atoms with Crippen molar-refractivity contribution in [3.05, 3.63) is 22.4 Å². The Morgan fingerprint density at radius 1 is 1.71 bits per heavy atom. The van der Waals surface area contributed by atoms with Crippen molar-refractivity contribution in [2.75, 3.05) is 13.1 Å². The standard InChI is InChI=1S/C11H18N2S/c1-9(11-5-3-7-14-11)13-8-10-4-2-6-12-10/h3,5,7,9-10,12-13H,2,4,6,8H2,1H3. The molecule has 1 aliphatic heterocycles. The Labute approximate surface area is 89.7 Å². The van der Waals surface area contributed by atoms with Crippen LogP contribution in [0, 0.1) is 0 Å². The minimum atomic E-state index is 0.498. The normalized spacial score (nSPS) is 23.9. The lowest BCUT2D eigenvalue weighted by Gasteiger charge is -2.16. The van der Waals surface area contributed by atoms with Crippen molar-refractivity contribution in [1.82, 2.24) is 10.6 Å². The van der Waals surface area contributed by atoms with Crippen molar-refractivity contribution in [2.24, 2.45) is 0 Å². The Kier molecular flexibility index (Phi) is 3.56. The quantitative estimate of drug-likeness (QED) is 0.795. The molecular formula is C11H18N2S. The molecular weight excluding hydrogens is 192 g/mol. The molecule has 0 aliphatic carbocycles. The van der Waals surface area contributed by atoms with Crippen molar-refractivity contribution < 1.29 is 0 Å². The number of rotatable bonds is 4. The van der Waals surface area contributed by atoms with E-state index in [1.54, 1.807) is 0 Å². The number of nitrogens with one attached hydrogen (secondary N) is 2. The van der Waals surface area contributed by atoms with E-state index >= 15 is 0 Å². The summed E-state index contributed by atoms with van der Waals surface area (Å²) in [5.74, 6) is 0. The fourth-order valence-electron chi connectivity index (χ4n) is 1.89. The van der Waals surface area contributed by atoms with Gasteiger partial charge < -0.3 is 10.6 Å². The summed E-state index contributed by atoms with van der Waals surface area (Å²) in [6.07, 6.45) is 2.66. The fraction of sp³-hybridized carbons (Fsp3) is 0.636. The van der Waals surface area contributed by atoms with Gasteiger partial charge in [-0.25, -0.2) is 0 Å². The van der Waals surface area contributed by atoms with E-state index in [-0.39, 0.29) is 0 Å². The second kappa shape index (κ2) is 4.91. The molecule has 0 spiro atoms. The van der Waals surface area contributed by atoms with Crippen LogP contribution in [0.25, 0.3) is 0 Å². The van der Waals surface area contributed by atoms with Gasteiger partial charge in [0, 0.05) is 23.5 Å². The van der Waals surface area contributed by atoms with Gasteiger partial charge in [0.15, 0.2) is 0 Å². The number of hydrogen-bond acceptors (Lipinski definition) is 3. The lowest BCUT2D eigenvalue weighted by molar-refractivity contribution is 0.493. The summed E-state index contributed by atoms with van der Waals surface area (Å²) in [5.41, 5.74) is 0. The van der Waals surface area contributed by atoms with Crippen LogP contribution >= 0.6 is 11.3 Å². The first-order chi connectivity index (χ1) is 6.86. The molecule has 1 aromatic rings. The van der Waals surface area contributed by atoms with Crippen LogP contribution in [0.1, 0.15) is 30.7 Å². The van der Waals surface area contributed by atoms with Gasteiger partial charge in [0.25, 0.3) is 0 Å². The monoisotopic (exact) mass is 210 g/mol. The number of hydrogen-bond donors (Lipinski definition) is 2. The minimum Gasteiger partial charge on any atom is -0.313 e. The maximum absolute atomic E-state index is 3.57.